The van der Waals surface area contributed by atoms with Crippen molar-refractivity contribution in [1.82, 2.24) is 15.4 Å². The molecule has 2 heterocycles. The minimum atomic E-state index is -0.638. The summed E-state index contributed by atoms with van der Waals surface area (Å²) in [6.07, 6.45) is 0. The van der Waals surface area contributed by atoms with E-state index in [0.717, 1.165) is 5.56 Å². The smallest absolute Gasteiger partial charge is 0.250 e. The van der Waals surface area contributed by atoms with Crippen molar-refractivity contribution in [3.63, 3.8) is 0 Å². The zero-order valence-corrected chi connectivity index (χ0v) is 11.6. The van der Waals surface area contributed by atoms with Gasteiger partial charge in [0, 0.05) is 6.07 Å². The number of carbonyl (C=O) groups excluding carboxylic acids is 2. The predicted octanol–water partition coefficient (Wildman–Crippen LogP) is 1.18. The fourth-order valence-corrected chi connectivity index (χ4v) is 2.40. The molecule has 2 amide bonds. The molecule has 1 aromatic heterocycles. The van der Waals surface area contributed by atoms with Crippen LogP contribution in [0, 0.1) is 6.92 Å². The third kappa shape index (κ3) is 2.79. The highest BCUT2D eigenvalue weighted by atomic mass is 16.5. The number of piperazine rings is 1. The second kappa shape index (κ2) is 5.40. The standard InChI is InChI=1S/C15H15N3O3/c1-10-7-12(17-21-10)8-18-9-13(19)16-14(15(18)20)11-5-3-2-4-6-11/h2-7,14H,8-9H2,1H3,(H,16,19). The van der Waals surface area contributed by atoms with E-state index in [1.807, 2.05) is 30.3 Å². The molecule has 1 aromatic carbocycles. The Kier molecular flexibility index (Phi) is 3.43. The maximum Gasteiger partial charge on any atom is 0.250 e. The van der Waals surface area contributed by atoms with Crippen LogP contribution in [-0.4, -0.2) is 28.4 Å². The van der Waals surface area contributed by atoms with Gasteiger partial charge in [0.1, 0.15) is 24.0 Å². The van der Waals surface area contributed by atoms with Gasteiger partial charge in [-0.05, 0) is 12.5 Å². The molecule has 1 aliphatic heterocycles. The SMILES string of the molecule is Cc1cc(CN2CC(=O)NC(c3ccccc3)C2=O)no1. The number of benzene rings is 1. The van der Waals surface area contributed by atoms with Crippen LogP contribution in [0.4, 0.5) is 0 Å². The summed E-state index contributed by atoms with van der Waals surface area (Å²) in [6, 6.07) is 10.3. The number of hydrogen-bond acceptors (Lipinski definition) is 4. The summed E-state index contributed by atoms with van der Waals surface area (Å²) in [6.45, 7) is 2.09. The molecule has 1 atom stereocenters. The fourth-order valence-electron chi connectivity index (χ4n) is 2.40. The van der Waals surface area contributed by atoms with E-state index in [1.54, 1.807) is 13.0 Å². The molecule has 3 rings (SSSR count). The first-order chi connectivity index (χ1) is 10.1. The minimum Gasteiger partial charge on any atom is -0.361 e. The first-order valence-electron chi connectivity index (χ1n) is 6.69. The number of aromatic nitrogens is 1. The topological polar surface area (TPSA) is 75.4 Å². The third-order valence-corrected chi connectivity index (χ3v) is 3.36. The maximum atomic E-state index is 12.5. The number of nitrogens with one attached hydrogen (secondary N) is 1. The summed E-state index contributed by atoms with van der Waals surface area (Å²) in [5.74, 6) is 0.364. The van der Waals surface area contributed by atoms with E-state index in [2.05, 4.69) is 10.5 Å². The van der Waals surface area contributed by atoms with Gasteiger partial charge in [0.15, 0.2) is 0 Å². The van der Waals surface area contributed by atoms with Gasteiger partial charge in [-0.25, -0.2) is 0 Å². The van der Waals surface area contributed by atoms with Crippen LogP contribution in [0.3, 0.4) is 0 Å². The van der Waals surface area contributed by atoms with Gasteiger partial charge in [0.05, 0.1) is 6.54 Å². The van der Waals surface area contributed by atoms with Crippen LogP contribution in [0.1, 0.15) is 23.1 Å². The number of carbonyl (C=O) groups is 2. The molecule has 0 bridgehead atoms. The van der Waals surface area contributed by atoms with E-state index in [9.17, 15) is 9.59 Å². The largest absolute Gasteiger partial charge is 0.361 e. The number of aryl methyl sites for hydroxylation is 1. The first-order valence-corrected chi connectivity index (χ1v) is 6.69. The minimum absolute atomic E-state index is 0.0358. The summed E-state index contributed by atoms with van der Waals surface area (Å²) in [4.78, 5) is 25.9. The third-order valence-electron chi connectivity index (χ3n) is 3.36. The molecule has 1 N–H and O–H groups in total. The van der Waals surface area contributed by atoms with Crippen LogP contribution in [0.15, 0.2) is 40.9 Å². The lowest BCUT2D eigenvalue weighted by Gasteiger charge is -2.32. The second-order valence-corrected chi connectivity index (χ2v) is 5.03. The van der Waals surface area contributed by atoms with Crippen molar-refractivity contribution in [2.24, 2.45) is 0 Å². The van der Waals surface area contributed by atoms with Gasteiger partial charge in [0.2, 0.25) is 5.91 Å². The Balaban J connectivity index is 1.81. The molecular weight excluding hydrogens is 270 g/mol. The molecule has 21 heavy (non-hydrogen) atoms. The quantitative estimate of drug-likeness (QED) is 0.919. The van der Waals surface area contributed by atoms with Crippen molar-refractivity contribution in [3.05, 3.63) is 53.4 Å². The summed E-state index contributed by atoms with van der Waals surface area (Å²) < 4.78 is 4.99. The molecule has 1 aliphatic rings. The molecule has 0 saturated carbocycles. The highest BCUT2D eigenvalue weighted by molar-refractivity contribution is 5.95. The van der Waals surface area contributed by atoms with Gasteiger partial charge >= 0.3 is 0 Å². The van der Waals surface area contributed by atoms with Gasteiger partial charge in [-0.1, -0.05) is 35.5 Å². The highest BCUT2D eigenvalue weighted by Gasteiger charge is 2.33. The lowest BCUT2D eigenvalue weighted by molar-refractivity contribution is -0.145. The van der Waals surface area contributed by atoms with Crippen LogP contribution in [0.5, 0.6) is 0 Å². The molecule has 2 aromatic rings. The van der Waals surface area contributed by atoms with Crippen LogP contribution >= 0.6 is 0 Å². The van der Waals surface area contributed by atoms with E-state index < -0.39 is 6.04 Å². The maximum absolute atomic E-state index is 12.5. The predicted molar refractivity (Wildman–Crippen MR) is 74.0 cm³/mol. The van der Waals surface area contributed by atoms with Crippen LogP contribution in [0.2, 0.25) is 0 Å². The molecule has 0 radical (unpaired) electrons. The van der Waals surface area contributed by atoms with Crippen molar-refractivity contribution in [2.45, 2.75) is 19.5 Å². The molecule has 1 fully saturated rings. The molecule has 108 valence electrons. The molecule has 1 saturated heterocycles. The molecule has 0 spiro atoms. The fraction of sp³-hybridized carbons (Fsp3) is 0.267. The number of nitrogens with zero attached hydrogens (tertiary/aromatic N) is 2. The second-order valence-electron chi connectivity index (χ2n) is 5.03. The lowest BCUT2D eigenvalue weighted by atomic mass is 10.0. The molecule has 6 nitrogen and oxygen atoms in total. The molecule has 0 aliphatic carbocycles. The van der Waals surface area contributed by atoms with Crippen molar-refractivity contribution in [3.8, 4) is 0 Å². The average Bonchev–Trinajstić information content (AvgIpc) is 2.89. The van der Waals surface area contributed by atoms with E-state index in [-0.39, 0.29) is 24.9 Å². The van der Waals surface area contributed by atoms with Crippen LogP contribution < -0.4 is 5.32 Å². The van der Waals surface area contributed by atoms with E-state index >= 15 is 0 Å². The van der Waals surface area contributed by atoms with Crippen molar-refractivity contribution in [1.29, 1.82) is 0 Å². The van der Waals surface area contributed by atoms with Crippen molar-refractivity contribution in [2.75, 3.05) is 6.54 Å². The van der Waals surface area contributed by atoms with Gasteiger partial charge in [-0.2, -0.15) is 0 Å². The van der Waals surface area contributed by atoms with Gasteiger partial charge in [-0.3, -0.25) is 9.59 Å². The zero-order chi connectivity index (χ0) is 14.8. The average molecular weight is 285 g/mol. The monoisotopic (exact) mass is 285 g/mol. The zero-order valence-electron chi connectivity index (χ0n) is 11.6. The summed E-state index contributed by atoms with van der Waals surface area (Å²) in [5.41, 5.74) is 1.42. The van der Waals surface area contributed by atoms with Crippen molar-refractivity contribution >= 4 is 11.8 Å². The van der Waals surface area contributed by atoms with E-state index in [1.165, 1.54) is 4.90 Å². The Hall–Kier alpha value is -2.63. The Morgan fingerprint density at radius 2 is 2.10 bits per heavy atom. The lowest BCUT2D eigenvalue weighted by Crippen LogP contribution is -2.52. The first kappa shape index (κ1) is 13.4. The summed E-state index contributed by atoms with van der Waals surface area (Å²) in [5, 5.41) is 6.60. The van der Waals surface area contributed by atoms with Crippen molar-refractivity contribution < 1.29 is 14.1 Å². The van der Waals surface area contributed by atoms with Gasteiger partial charge in [-0.15, -0.1) is 0 Å². The highest BCUT2D eigenvalue weighted by Crippen LogP contribution is 2.20. The number of rotatable bonds is 3. The van der Waals surface area contributed by atoms with Gasteiger partial charge < -0.3 is 14.7 Å². The van der Waals surface area contributed by atoms with E-state index in [4.69, 9.17) is 4.52 Å². The normalized spacial score (nSPS) is 18.7. The summed E-state index contributed by atoms with van der Waals surface area (Å²) in [7, 11) is 0. The van der Waals surface area contributed by atoms with Crippen LogP contribution in [-0.2, 0) is 16.1 Å². The Labute approximate surface area is 121 Å². The number of amides is 2. The van der Waals surface area contributed by atoms with E-state index in [0.29, 0.717) is 11.5 Å². The Bertz CT molecular complexity index is 666. The number of hydrogen-bond donors (Lipinski definition) is 1. The Morgan fingerprint density at radius 1 is 1.33 bits per heavy atom. The molecule has 1 unspecified atom stereocenters. The molecule has 6 heteroatoms. The molecular formula is C15H15N3O3. The summed E-state index contributed by atoms with van der Waals surface area (Å²) >= 11 is 0. The van der Waals surface area contributed by atoms with Crippen LogP contribution in [0.25, 0.3) is 0 Å². The Morgan fingerprint density at radius 3 is 2.76 bits per heavy atom. The van der Waals surface area contributed by atoms with Gasteiger partial charge in [0.25, 0.3) is 5.91 Å².